The lowest BCUT2D eigenvalue weighted by molar-refractivity contribution is -0.125. The Bertz CT molecular complexity index is 876. The Labute approximate surface area is 187 Å². The van der Waals surface area contributed by atoms with E-state index in [9.17, 15) is 4.79 Å². The summed E-state index contributed by atoms with van der Waals surface area (Å²) in [6.45, 7) is 1.20. The Balaban J connectivity index is 0.00000256. The lowest BCUT2D eigenvalue weighted by Crippen LogP contribution is -2.46. The number of carbonyl (C=O) groups excluding carboxylic acids is 1. The number of thioether (sulfide) groups is 1. The number of rotatable bonds is 6. The molecular formula is C22H27ClN2O4S. The predicted molar refractivity (Wildman–Crippen MR) is 123 cm³/mol. The third-order valence-electron chi connectivity index (χ3n) is 5.90. The van der Waals surface area contributed by atoms with Gasteiger partial charge in [-0.05, 0) is 36.1 Å². The van der Waals surface area contributed by atoms with Gasteiger partial charge < -0.3 is 19.5 Å². The van der Waals surface area contributed by atoms with E-state index in [4.69, 9.17) is 19.2 Å². The first-order valence-electron chi connectivity index (χ1n) is 9.74. The van der Waals surface area contributed by atoms with Gasteiger partial charge in [0.1, 0.15) is 0 Å². The van der Waals surface area contributed by atoms with Crippen molar-refractivity contribution in [2.45, 2.75) is 17.7 Å². The van der Waals surface area contributed by atoms with Crippen LogP contribution in [0.15, 0.2) is 41.4 Å². The largest absolute Gasteiger partial charge is 0.493 e. The first kappa shape index (κ1) is 22.6. The van der Waals surface area contributed by atoms with Crippen LogP contribution in [0.1, 0.15) is 12.0 Å². The van der Waals surface area contributed by atoms with Gasteiger partial charge in [-0.3, -0.25) is 9.79 Å². The molecule has 3 atom stereocenters. The first-order valence-corrected chi connectivity index (χ1v) is 10.7. The molecule has 1 aromatic carbocycles. The van der Waals surface area contributed by atoms with Crippen LogP contribution in [0, 0.1) is 11.8 Å². The summed E-state index contributed by atoms with van der Waals surface area (Å²) in [5.41, 5.74) is 2.01. The highest BCUT2D eigenvalue weighted by Gasteiger charge is 2.53. The Kier molecular flexibility index (Phi) is 7.03. The van der Waals surface area contributed by atoms with Crippen LogP contribution < -0.4 is 19.5 Å². The average molecular weight is 451 g/mol. The van der Waals surface area contributed by atoms with Crippen molar-refractivity contribution in [2.24, 2.45) is 16.8 Å². The van der Waals surface area contributed by atoms with Crippen molar-refractivity contribution in [3.63, 3.8) is 0 Å². The van der Waals surface area contributed by atoms with Crippen LogP contribution in [0.2, 0.25) is 0 Å². The highest BCUT2D eigenvalue weighted by molar-refractivity contribution is 8.02. The van der Waals surface area contributed by atoms with Crippen molar-refractivity contribution >= 4 is 35.8 Å². The molecule has 0 bridgehead atoms. The van der Waals surface area contributed by atoms with Crippen LogP contribution in [0.3, 0.4) is 0 Å². The van der Waals surface area contributed by atoms with Gasteiger partial charge in [0, 0.05) is 18.8 Å². The number of aliphatic imine (C=N–C) groups is 1. The zero-order chi connectivity index (χ0) is 20.4. The van der Waals surface area contributed by atoms with Crippen molar-refractivity contribution in [3.8, 4) is 17.2 Å². The van der Waals surface area contributed by atoms with Crippen LogP contribution >= 0.6 is 24.2 Å². The SMILES string of the molecule is COc1cc(CNC(=O)C2CSC34C=CC=CC3=NCCC24)cc(OC)c1OC.Cl. The minimum absolute atomic E-state index is 0. The quantitative estimate of drug-likeness (QED) is 0.719. The van der Waals surface area contributed by atoms with Gasteiger partial charge in [0.05, 0.1) is 37.7 Å². The van der Waals surface area contributed by atoms with Gasteiger partial charge in [-0.15, -0.1) is 24.2 Å². The second kappa shape index (κ2) is 9.35. The van der Waals surface area contributed by atoms with Crippen LogP contribution in [0.5, 0.6) is 17.2 Å². The summed E-state index contributed by atoms with van der Waals surface area (Å²) in [6, 6.07) is 3.74. The number of nitrogens with zero attached hydrogens (tertiary/aromatic N) is 1. The molecule has 1 aliphatic carbocycles. The second-order valence-electron chi connectivity index (χ2n) is 7.34. The number of halogens is 1. The lowest BCUT2D eigenvalue weighted by atomic mass is 9.74. The first-order chi connectivity index (χ1) is 14.1. The zero-order valence-electron chi connectivity index (χ0n) is 17.3. The smallest absolute Gasteiger partial charge is 0.224 e. The fourth-order valence-corrected chi connectivity index (χ4v) is 6.27. The summed E-state index contributed by atoms with van der Waals surface area (Å²) < 4.78 is 16.0. The monoisotopic (exact) mass is 450 g/mol. The molecule has 1 fully saturated rings. The molecule has 4 rings (SSSR count). The molecule has 30 heavy (non-hydrogen) atoms. The van der Waals surface area contributed by atoms with Crippen LogP contribution in [0.4, 0.5) is 0 Å². The summed E-state index contributed by atoms with van der Waals surface area (Å²) in [4.78, 5) is 17.8. The number of hydrogen-bond donors (Lipinski definition) is 1. The fraction of sp³-hybridized carbons (Fsp3) is 0.455. The highest BCUT2D eigenvalue weighted by Crippen LogP contribution is 2.52. The maximum Gasteiger partial charge on any atom is 0.224 e. The van der Waals surface area contributed by atoms with Crippen LogP contribution in [-0.4, -0.2) is 50.0 Å². The summed E-state index contributed by atoms with van der Waals surface area (Å²) >= 11 is 1.85. The molecule has 3 unspecified atom stereocenters. The Hall–Kier alpha value is -2.12. The van der Waals surface area contributed by atoms with E-state index in [0.717, 1.165) is 30.0 Å². The normalized spacial score (nSPS) is 26.0. The standard InChI is InChI=1S/C22H26N2O4S.ClH/c1-26-17-10-14(11-18(27-2)20(17)28-3)12-24-21(25)15-13-29-22-8-5-4-6-19(22)23-9-7-16(15)22;/h4-6,8,10-11,15-16H,7,9,12-13H2,1-3H3,(H,24,25);1H. The van der Waals surface area contributed by atoms with E-state index in [-0.39, 0.29) is 34.9 Å². The fourth-order valence-electron chi connectivity index (χ4n) is 4.48. The van der Waals surface area contributed by atoms with Crippen LogP contribution in [-0.2, 0) is 11.3 Å². The van der Waals surface area contributed by atoms with Gasteiger partial charge in [-0.2, -0.15) is 0 Å². The Morgan fingerprint density at radius 1 is 1.20 bits per heavy atom. The number of amides is 1. The summed E-state index contributed by atoms with van der Waals surface area (Å²) in [5.74, 6) is 2.87. The molecule has 2 heterocycles. The minimum Gasteiger partial charge on any atom is -0.493 e. The topological polar surface area (TPSA) is 69.2 Å². The number of nitrogens with one attached hydrogen (secondary N) is 1. The molecule has 1 spiro atoms. The minimum atomic E-state index is -0.137. The molecule has 1 N–H and O–H groups in total. The highest BCUT2D eigenvalue weighted by atomic mass is 35.5. The van der Waals surface area contributed by atoms with E-state index in [2.05, 4.69) is 23.5 Å². The summed E-state index contributed by atoms with van der Waals surface area (Å²) in [7, 11) is 4.75. The van der Waals surface area contributed by atoms with E-state index in [1.54, 1.807) is 21.3 Å². The van der Waals surface area contributed by atoms with Gasteiger partial charge in [0.2, 0.25) is 11.7 Å². The van der Waals surface area contributed by atoms with Gasteiger partial charge >= 0.3 is 0 Å². The molecule has 1 saturated heterocycles. The average Bonchev–Trinajstić information content (AvgIpc) is 3.14. The van der Waals surface area contributed by atoms with E-state index in [1.165, 1.54) is 0 Å². The van der Waals surface area contributed by atoms with E-state index in [1.807, 2.05) is 30.0 Å². The van der Waals surface area contributed by atoms with Crippen molar-refractivity contribution in [1.29, 1.82) is 0 Å². The predicted octanol–water partition coefficient (Wildman–Crippen LogP) is 3.44. The molecule has 6 nitrogen and oxygen atoms in total. The van der Waals surface area contributed by atoms with Gasteiger partial charge in [0.25, 0.3) is 0 Å². The van der Waals surface area contributed by atoms with E-state index in [0.29, 0.717) is 23.8 Å². The Morgan fingerprint density at radius 3 is 2.60 bits per heavy atom. The van der Waals surface area contributed by atoms with Crippen molar-refractivity contribution in [3.05, 3.63) is 42.0 Å². The third-order valence-corrected chi connectivity index (χ3v) is 7.55. The molecule has 0 saturated carbocycles. The zero-order valence-corrected chi connectivity index (χ0v) is 19.0. The number of benzene rings is 1. The van der Waals surface area contributed by atoms with Gasteiger partial charge in [-0.1, -0.05) is 18.2 Å². The summed E-state index contributed by atoms with van der Waals surface area (Å²) in [5, 5.41) is 3.12. The third kappa shape index (κ3) is 3.81. The van der Waals surface area contributed by atoms with Crippen LogP contribution in [0.25, 0.3) is 0 Å². The molecule has 8 heteroatoms. The number of hydrogen-bond acceptors (Lipinski definition) is 6. The molecular weight excluding hydrogens is 424 g/mol. The van der Waals surface area contributed by atoms with Crippen molar-refractivity contribution < 1.29 is 19.0 Å². The van der Waals surface area contributed by atoms with Crippen molar-refractivity contribution in [2.75, 3.05) is 33.6 Å². The molecule has 0 radical (unpaired) electrons. The Morgan fingerprint density at radius 2 is 1.93 bits per heavy atom. The molecule has 2 aliphatic heterocycles. The van der Waals surface area contributed by atoms with Gasteiger partial charge in [-0.25, -0.2) is 0 Å². The maximum atomic E-state index is 13.1. The number of carbonyl (C=O) groups is 1. The van der Waals surface area contributed by atoms with E-state index >= 15 is 0 Å². The maximum absolute atomic E-state index is 13.1. The number of allylic oxidation sites excluding steroid dienone is 3. The van der Waals surface area contributed by atoms with E-state index < -0.39 is 0 Å². The molecule has 1 amide bonds. The number of methoxy groups -OCH3 is 3. The molecule has 3 aliphatic rings. The summed E-state index contributed by atoms with van der Waals surface area (Å²) in [6.07, 6.45) is 9.38. The second-order valence-corrected chi connectivity index (χ2v) is 8.64. The molecule has 0 aromatic heterocycles. The number of ether oxygens (including phenoxy) is 3. The van der Waals surface area contributed by atoms with Crippen molar-refractivity contribution in [1.82, 2.24) is 5.32 Å². The lowest BCUT2D eigenvalue weighted by Gasteiger charge is -2.38. The molecule has 162 valence electrons. The molecule has 1 aromatic rings. The van der Waals surface area contributed by atoms with Gasteiger partial charge in [0.15, 0.2) is 11.5 Å².